The van der Waals surface area contributed by atoms with Crippen molar-refractivity contribution in [1.29, 1.82) is 5.26 Å². The number of rotatable bonds is 10. The Kier molecular flexibility index (Phi) is 11.0. The van der Waals surface area contributed by atoms with E-state index in [1.54, 1.807) is 56.9 Å². The summed E-state index contributed by atoms with van der Waals surface area (Å²) < 4.78 is 28.7. The van der Waals surface area contributed by atoms with Gasteiger partial charge in [0.1, 0.15) is 16.7 Å². The number of nitrogens with one attached hydrogen (secondary N) is 1. The lowest BCUT2D eigenvalue weighted by atomic mass is 9.91. The highest BCUT2D eigenvalue weighted by molar-refractivity contribution is 6.43. The van der Waals surface area contributed by atoms with Crippen molar-refractivity contribution in [3.8, 4) is 17.2 Å². The molecule has 0 bridgehead atoms. The van der Waals surface area contributed by atoms with Crippen LogP contribution in [0.4, 0.5) is 14.9 Å². The third kappa shape index (κ3) is 8.07. The third-order valence-corrected chi connectivity index (χ3v) is 9.01. The number of likely N-dealkylation sites (tertiary alicyclic amines) is 1. The molecule has 1 aliphatic heterocycles. The van der Waals surface area contributed by atoms with Crippen LogP contribution in [0.3, 0.4) is 0 Å². The standard InChI is InChI=1S/C37H37Cl2FN4O5/c1-21(48-20-22-10-6-5-7-11-22)32-29(35(45)46)33(42-24-15-17-44(19-24)36(47)49-37(2,3)4)26-18-23(12-9-16-41)28(31(40)34(26)43-32)25-13-8-14-27(38)30(25)39/h5-8,10-11,13-14,18,21,24H,9,12,15,17,19-20H2,1-4H3,(H,42,43)(H,45,46). The Morgan fingerprint density at radius 3 is 2.59 bits per heavy atom. The largest absolute Gasteiger partial charge is 0.478 e. The number of nitrogens with zero attached hydrogens (tertiary/aromatic N) is 3. The van der Waals surface area contributed by atoms with Gasteiger partial charge in [-0.05, 0) is 63.8 Å². The van der Waals surface area contributed by atoms with E-state index < -0.39 is 35.6 Å². The molecule has 12 heteroatoms. The van der Waals surface area contributed by atoms with E-state index in [4.69, 9.17) is 32.7 Å². The number of hydrogen-bond donors (Lipinski definition) is 2. The smallest absolute Gasteiger partial charge is 0.410 e. The summed E-state index contributed by atoms with van der Waals surface area (Å²) >= 11 is 12.9. The number of anilines is 1. The van der Waals surface area contributed by atoms with Crippen LogP contribution in [0.5, 0.6) is 0 Å². The summed E-state index contributed by atoms with van der Waals surface area (Å²) in [5.74, 6) is -2.03. The van der Waals surface area contributed by atoms with Crippen LogP contribution in [-0.2, 0) is 22.5 Å². The molecule has 3 aromatic carbocycles. The van der Waals surface area contributed by atoms with Crippen LogP contribution >= 0.6 is 23.2 Å². The van der Waals surface area contributed by atoms with Gasteiger partial charge < -0.3 is 24.8 Å². The number of amides is 1. The van der Waals surface area contributed by atoms with Gasteiger partial charge >= 0.3 is 12.1 Å². The molecule has 1 saturated heterocycles. The zero-order valence-corrected chi connectivity index (χ0v) is 29.2. The third-order valence-electron chi connectivity index (χ3n) is 8.19. The molecule has 1 aliphatic rings. The van der Waals surface area contributed by atoms with Crippen LogP contribution in [0.1, 0.15) is 73.8 Å². The van der Waals surface area contributed by atoms with Crippen molar-refractivity contribution >= 4 is 51.9 Å². The molecular weight excluding hydrogens is 670 g/mol. The van der Waals surface area contributed by atoms with Crippen LogP contribution < -0.4 is 5.32 Å². The van der Waals surface area contributed by atoms with Crippen molar-refractivity contribution in [1.82, 2.24) is 9.88 Å². The van der Waals surface area contributed by atoms with Crippen LogP contribution in [0, 0.1) is 17.1 Å². The number of aryl methyl sites for hydroxylation is 1. The van der Waals surface area contributed by atoms with Gasteiger partial charge in [-0.25, -0.2) is 19.0 Å². The van der Waals surface area contributed by atoms with E-state index in [2.05, 4.69) is 16.4 Å². The Bertz CT molecular complexity index is 1930. The number of hydrogen-bond acceptors (Lipinski definition) is 7. The van der Waals surface area contributed by atoms with Crippen molar-refractivity contribution in [2.24, 2.45) is 0 Å². The Morgan fingerprint density at radius 2 is 1.92 bits per heavy atom. The first-order chi connectivity index (χ1) is 23.3. The number of benzene rings is 3. The molecule has 49 heavy (non-hydrogen) atoms. The first kappa shape index (κ1) is 35.9. The topological polar surface area (TPSA) is 125 Å². The van der Waals surface area contributed by atoms with Crippen LogP contribution in [0.2, 0.25) is 10.0 Å². The zero-order valence-electron chi connectivity index (χ0n) is 27.6. The number of carbonyl (C=O) groups is 2. The van der Waals surface area contributed by atoms with Gasteiger partial charge in [-0.15, -0.1) is 0 Å². The molecule has 5 rings (SSSR count). The number of aromatic carboxylic acids is 1. The van der Waals surface area contributed by atoms with Crippen molar-refractivity contribution in [2.45, 2.75) is 71.3 Å². The number of halogens is 3. The van der Waals surface area contributed by atoms with E-state index in [9.17, 15) is 20.0 Å². The SMILES string of the molecule is CC(OCc1ccccc1)c1nc2c(F)c(-c3cccc(Cl)c3Cl)c(CCC#N)cc2c(NC2CCN(C(=O)OC(C)(C)C)C2)c1C(=O)O. The average molecular weight is 708 g/mol. The van der Waals surface area contributed by atoms with Gasteiger partial charge in [0.05, 0.1) is 40.2 Å². The molecule has 9 nitrogen and oxygen atoms in total. The minimum atomic E-state index is -1.29. The number of fused-ring (bicyclic) bond motifs is 1. The fraction of sp³-hybridized carbons (Fsp3) is 0.351. The molecule has 1 fully saturated rings. The second kappa shape index (κ2) is 15.0. The molecule has 0 spiro atoms. The van der Waals surface area contributed by atoms with E-state index in [0.29, 0.717) is 24.1 Å². The van der Waals surface area contributed by atoms with Crippen molar-refractivity contribution in [2.75, 3.05) is 18.4 Å². The number of nitriles is 1. The molecule has 2 atom stereocenters. The maximum atomic E-state index is 17.1. The van der Waals surface area contributed by atoms with Crippen LogP contribution in [0.15, 0.2) is 54.6 Å². The number of carbonyl (C=O) groups excluding carboxylic acids is 1. The monoisotopic (exact) mass is 706 g/mol. The van der Waals surface area contributed by atoms with Gasteiger partial charge in [0.2, 0.25) is 0 Å². The van der Waals surface area contributed by atoms with Gasteiger partial charge in [0, 0.05) is 42.1 Å². The Balaban J connectivity index is 1.69. The van der Waals surface area contributed by atoms with E-state index >= 15 is 4.39 Å². The summed E-state index contributed by atoms with van der Waals surface area (Å²) in [5, 5.41) is 24.0. The molecular formula is C37H37Cl2FN4O5. The lowest BCUT2D eigenvalue weighted by Crippen LogP contribution is -2.36. The molecule has 1 amide bonds. The van der Waals surface area contributed by atoms with Gasteiger partial charge in [0.25, 0.3) is 0 Å². The van der Waals surface area contributed by atoms with E-state index in [1.165, 1.54) is 0 Å². The summed E-state index contributed by atoms with van der Waals surface area (Å²) in [6.07, 6.45) is -0.649. The van der Waals surface area contributed by atoms with Crippen molar-refractivity contribution in [3.05, 3.63) is 92.8 Å². The summed E-state index contributed by atoms with van der Waals surface area (Å²) in [5.41, 5.74) is 0.925. The molecule has 2 heterocycles. The zero-order chi connectivity index (χ0) is 35.5. The molecule has 1 aromatic heterocycles. The van der Waals surface area contributed by atoms with E-state index in [0.717, 1.165) is 5.56 Å². The van der Waals surface area contributed by atoms with E-state index in [1.807, 2.05) is 30.3 Å². The first-order valence-corrected chi connectivity index (χ1v) is 16.7. The minimum Gasteiger partial charge on any atom is -0.478 e. The predicted molar refractivity (Wildman–Crippen MR) is 188 cm³/mol. The van der Waals surface area contributed by atoms with Crippen LogP contribution in [-0.4, -0.2) is 51.8 Å². The highest BCUT2D eigenvalue weighted by Gasteiger charge is 2.33. The molecule has 0 saturated carbocycles. The number of pyridine rings is 1. The summed E-state index contributed by atoms with van der Waals surface area (Å²) in [6, 6.07) is 17.6. The average Bonchev–Trinajstić information content (AvgIpc) is 3.53. The first-order valence-electron chi connectivity index (χ1n) is 15.9. The minimum absolute atomic E-state index is 0.0206. The second-order valence-electron chi connectivity index (χ2n) is 12.9. The maximum Gasteiger partial charge on any atom is 0.410 e. The normalized spacial score (nSPS) is 15.2. The molecule has 256 valence electrons. The molecule has 0 radical (unpaired) electrons. The Morgan fingerprint density at radius 1 is 1.18 bits per heavy atom. The summed E-state index contributed by atoms with van der Waals surface area (Å²) in [6.45, 7) is 7.78. The number of carboxylic acids is 1. The highest BCUT2D eigenvalue weighted by Crippen LogP contribution is 2.43. The lowest BCUT2D eigenvalue weighted by Gasteiger charge is -2.25. The highest BCUT2D eigenvalue weighted by atomic mass is 35.5. The molecule has 4 aromatic rings. The number of aromatic nitrogens is 1. The number of carboxylic acid groups (broad SMARTS) is 1. The van der Waals surface area contributed by atoms with Gasteiger partial charge in [-0.1, -0.05) is 65.7 Å². The number of ether oxygens (including phenoxy) is 2. The fourth-order valence-corrected chi connectivity index (χ4v) is 6.31. The predicted octanol–water partition coefficient (Wildman–Crippen LogP) is 9.20. The van der Waals surface area contributed by atoms with Gasteiger partial charge in [-0.3, -0.25) is 0 Å². The summed E-state index contributed by atoms with van der Waals surface area (Å²) in [4.78, 5) is 32.1. The van der Waals surface area contributed by atoms with E-state index in [-0.39, 0.29) is 69.4 Å². The summed E-state index contributed by atoms with van der Waals surface area (Å²) in [7, 11) is 0. The van der Waals surface area contributed by atoms with Crippen molar-refractivity contribution < 1.29 is 28.6 Å². The maximum absolute atomic E-state index is 17.1. The van der Waals surface area contributed by atoms with Gasteiger partial charge in [-0.2, -0.15) is 5.26 Å². The molecule has 2 N–H and O–H groups in total. The second-order valence-corrected chi connectivity index (χ2v) is 13.7. The molecule has 2 unspecified atom stereocenters. The quantitative estimate of drug-likeness (QED) is 0.167. The Hall–Kier alpha value is -4.43. The van der Waals surface area contributed by atoms with Crippen molar-refractivity contribution in [3.63, 3.8) is 0 Å². The molecule has 0 aliphatic carbocycles. The Labute approximate surface area is 294 Å². The fourth-order valence-electron chi connectivity index (χ4n) is 5.92. The lowest BCUT2D eigenvalue weighted by molar-refractivity contribution is 0.0293. The van der Waals surface area contributed by atoms with Crippen LogP contribution in [0.25, 0.3) is 22.0 Å². The van der Waals surface area contributed by atoms with Gasteiger partial charge in [0.15, 0.2) is 5.82 Å².